The molecule has 3 heteroatoms. The number of hydrogen-bond donors (Lipinski definition) is 1. The van der Waals surface area contributed by atoms with E-state index in [2.05, 4.69) is 18.4 Å². The van der Waals surface area contributed by atoms with E-state index in [0.29, 0.717) is 6.61 Å². The summed E-state index contributed by atoms with van der Waals surface area (Å²) in [6, 6.07) is 2.10. The Hall–Kier alpha value is -0.380. The van der Waals surface area contributed by atoms with Crippen LogP contribution in [-0.2, 0) is 4.74 Å². The van der Waals surface area contributed by atoms with Crippen LogP contribution >= 0.6 is 11.3 Å². The summed E-state index contributed by atoms with van der Waals surface area (Å²) >= 11 is 1.70. The Morgan fingerprint density at radius 2 is 2.14 bits per heavy atom. The Balaban J connectivity index is 2.51. The van der Waals surface area contributed by atoms with Gasteiger partial charge in [0.15, 0.2) is 0 Å². The van der Waals surface area contributed by atoms with Gasteiger partial charge in [-0.15, -0.1) is 11.3 Å². The first-order chi connectivity index (χ1) is 6.40. The molecule has 0 fully saturated rings. The molecule has 2 N–H and O–H groups in total. The van der Waals surface area contributed by atoms with E-state index in [1.54, 1.807) is 11.3 Å². The van der Waals surface area contributed by atoms with E-state index < -0.39 is 0 Å². The van der Waals surface area contributed by atoms with Crippen LogP contribution in [0.5, 0.6) is 0 Å². The van der Waals surface area contributed by atoms with Crippen molar-refractivity contribution in [2.45, 2.75) is 39.3 Å². The van der Waals surface area contributed by atoms with Crippen molar-refractivity contribution in [3.05, 3.63) is 21.9 Å². The second-order valence-corrected chi connectivity index (χ2v) is 5.45. The van der Waals surface area contributed by atoms with E-state index in [1.165, 1.54) is 10.4 Å². The van der Waals surface area contributed by atoms with Gasteiger partial charge < -0.3 is 10.5 Å². The molecule has 0 spiro atoms. The van der Waals surface area contributed by atoms with Gasteiger partial charge in [-0.25, -0.2) is 0 Å². The molecule has 0 bridgehead atoms. The molecule has 0 amide bonds. The molecule has 0 aliphatic carbocycles. The highest BCUT2D eigenvalue weighted by atomic mass is 32.1. The zero-order chi connectivity index (χ0) is 10.8. The van der Waals surface area contributed by atoms with Crippen molar-refractivity contribution in [2.75, 3.05) is 6.61 Å². The van der Waals surface area contributed by atoms with Gasteiger partial charge >= 0.3 is 0 Å². The zero-order valence-electron chi connectivity index (χ0n) is 9.33. The predicted molar refractivity (Wildman–Crippen MR) is 61.7 cm³/mol. The van der Waals surface area contributed by atoms with Crippen LogP contribution < -0.4 is 5.73 Å². The van der Waals surface area contributed by atoms with Crippen molar-refractivity contribution in [3.8, 4) is 0 Å². The first kappa shape index (κ1) is 11.7. The van der Waals surface area contributed by atoms with Gasteiger partial charge in [-0.2, -0.15) is 0 Å². The van der Waals surface area contributed by atoms with Gasteiger partial charge in [-0.05, 0) is 44.7 Å². The monoisotopic (exact) mass is 213 g/mol. The zero-order valence-corrected chi connectivity index (χ0v) is 10.1. The van der Waals surface area contributed by atoms with Crippen molar-refractivity contribution in [1.29, 1.82) is 0 Å². The molecule has 1 rings (SSSR count). The van der Waals surface area contributed by atoms with Crippen LogP contribution in [-0.4, -0.2) is 12.2 Å². The van der Waals surface area contributed by atoms with Crippen molar-refractivity contribution < 1.29 is 4.74 Å². The third-order valence-corrected chi connectivity index (χ3v) is 3.09. The summed E-state index contributed by atoms with van der Waals surface area (Å²) in [5.74, 6) is 0. The number of rotatable bonds is 3. The minimum Gasteiger partial charge on any atom is -0.374 e. The molecule has 1 unspecified atom stereocenters. The lowest BCUT2D eigenvalue weighted by atomic mass is 10.1. The van der Waals surface area contributed by atoms with Crippen LogP contribution in [0.15, 0.2) is 11.4 Å². The fourth-order valence-electron chi connectivity index (χ4n) is 1.18. The highest BCUT2D eigenvalue weighted by Gasteiger charge is 2.15. The van der Waals surface area contributed by atoms with Gasteiger partial charge in [-0.1, -0.05) is 0 Å². The van der Waals surface area contributed by atoms with E-state index in [4.69, 9.17) is 10.5 Å². The Bertz CT molecular complexity index is 288. The van der Waals surface area contributed by atoms with Gasteiger partial charge in [0.2, 0.25) is 0 Å². The predicted octanol–water partition coefficient (Wildman–Crippen LogP) is 2.87. The summed E-state index contributed by atoms with van der Waals surface area (Å²) in [6.45, 7) is 8.80. The summed E-state index contributed by atoms with van der Waals surface area (Å²) in [5, 5.41) is 2.07. The molecular formula is C11H19NOS. The van der Waals surface area contributed by atoms with Crippen LogP contribution in [0.1, 0.15) is 37.3 Å². The average Bonchev–Trinajstić information content (AvgIpc) is 2.46. The van der Waals surface area contributed by atoms with Gasteiger partial charge in [0, 0.05) is 4.88 Å². The number of aryl methyl sites for hydroxylation is 1. The number of hydrogen-bond acceptors (Lipinski definition) is 3. The number of ether oxygens (including phenoxy) is 1. The SMILES string of the molecule is Cc1ccsc1C(N)COC(C)(C)C. The molecule has 2 nitrogen and oxygen atoms in total. The molecule has 0 aliphatic rings. The first-order valence-electron chi connectivity index (χ1n) is 4.83. The Kier molecular flexibility index (Phi) is 3.70. The second-order valence-electron chi connectivity index (χ2n) is 4.50. The van der Waals surface area contributed by atoms with Gasteiger partial charge in [-0.3, -0.25) is 0 Å². The summed E-state index contributed by atoms with van der Waals surface area (Å²) in [5.41, 5.74) is 7.19. The fraction of sp³-hybridized carbons (Fsp3) is 0.636. The maximum Gasteiger partial charge on any atom is 0.0674 e. The Labute approximate surface area is 90.1 Å². The normalized spacial score (nSPS) is 14.4. The standard InChI is InChI=1S/C11H19NOS/c1-8-5-6-14-10(8)9(12)7-13-11(2,3)4/h5-6,9H,7,12H2,1-4H3. The molecule has 0 saturated carbocycles. The second kappa shape index (κ2) is 4.43. The smallest absolute Gasteiger partial charge is 0.0674 e. The molecule has 1 aromatic rings. The third-order valence-electron chi connectivity index (χ3n) is 1.93. The highest BCUT2D eigenvalue weighted by molar-refractivity contribution is 7.10. The topological polar surface area (TPSA) is 35.2 Å². The largest absolute Gasteiger partial charge is 0.374 e. The molecule has 0 aliphatic heterocycles. The molecule has 14 heavy (non-hydrogen) atoms. The molecule has 0 aromatic carbocycles. The Morgan fingerprint density at radius 3 is 2.57 bits per heavy atom. The van der Waals surface area contributed by atoms with Crippen molar-refractivity contribution in [1.82, 2.24) is 0 Å². The lowest BCUT2D eigenvalue weighted by Gasteiger charge is -2.22. The molecular weight excluding hydrogens is 194 g/mol. The van der Waals surface area contributed by atoms with Crippen LogP contribution in [0.2, 0.25) is 0 Å². The molecule has 1 heterocycles. The van der Waals surface area contributed by atoms with Gasteiger partial charge in [0.05, 0.1) is 18.2 Å². The average molecular weight is 213 g/mol. The summed E-state index contributed by atoms with van der Waals surface area (Å²) in [4.78, 5) is 1.23. The summed E-state index contributed by atoms with van der Waals surface area (Å²) < 4.78 is 5.65. The van der Waals surface area contributed by atoms with Crippen molar-refractivity contribution in [2.24, 2.45) is 5.73 Å². The van der Waals surface area contributed by atoms with Crippen LogP contribution in [0.4, 0.5) is 0 Å². The van der Waals surface area contributed by atoms with Crippen molar-refractivity contribution >= 4 is 11.3 Å². The van der Waals surface area contributed by atoms with Crippen molar-refractivity contribution in [3.63, 3.8) is 0 Å². The van der Waals surface area contributed by atoms with Crippen LogP contribution in [0.3, 0.4) is 0 Å². The summed E-state index contributed by atoms with van der Waals surface area (Å²) in [7, 11) is 0. The lowest BCUT2D eigenvalue weighted by molar-refractivity contribution is -0.00989. The van der Waals surface area contributed by atoms with E-state index in [-0.39, 0.29) is 11.6 Å². The quantitative estimate of drug-likeness (QED) is 0.838. The van der Waals surface area contributed by atoms with Crippen LogP contribution in [0, 0.1) is 6.92 Å². The van der Waals surface area contributed by atoms with E-state index in [1.807, 2.05) is 20.8 Å². The Morgan fingerprint density at radius 1 is 1.50 bits per heavy atom. The highest BCUT2D eigenvalue weighted by Crippen LogP contribution is 2.23. The maximum absolute atomic E-state index is 6.03. The molecule has 1 aromatic heterocycles. The molecule has 1 atom stereocenters. The number of nitrogens with two attached hydrogens (primary N) is 1. The summed E-state index contributed by atoms with van der Waals surface area (Å²) in [6.07, 6.45) is 0. The molecule has 0 saturated heterocycles. The fourth-order valence-corrected chi connectivity index (χ4v) is 2.10. The molecule has 0 radical (unpaired) electrons. The van der Waals surface area contributed by atoms with Gasteiger partial charge in [0.25, 0.3) is 0 Å². The molecule has 80 valence electrons. The lowest BCUT2D eigenvalue weighted by Crippen LogP contribution is -2.26. The first-order valence-corrected chi connectivity index (χ1v) is 5.71. The third kappa shape index (κ3) is 3.40. The van der Waals surface area contributed by atoms with E-state index >= 15 is 0 Å². The minimum atomic E-state index is -0.108. The van der Waals surface area contributed by atoms with Crippen LogP contribution in [0.25, 0.3) is 0 Å². The van der Waals surface area contributed by atoms with Gasteiger partial charge in [0.1, 0.15) is 0 Å². The minimum absolute atomic E-state index is 0.00854. The van der Waals surface area contributed by atoms with E-state index in [0.717, 1.165) is 0 Å². The number of thiophene rings is 1. The van der Waals surface area contributed by atoms with E-state index in [9.17, 15) is 0 Å². The maximum atomic E-state index is 6.03.